The molecule has 0 aliphatic carbocycles. The standard InChI is InChI=1S/C13H21N3O4/c1-12(2,3)19-10(17)15-9-7-8-14-16(9)11(18)20-13(4,5)6/h7-8H,1-6H3,(H,15,17). The van der Waals surface area contributed by atoms with Gasteiger partial charge in [-0.25, -0.2) is 9.59 Å². The van der Waals surface area contributed by atoms with Gasteiger partial charge in [0.2, 0.25) is 0 Å². The van der Waals surface area contributed by atoms with Crippen LogP contribution in [0.15, 0.2) is 12.3 Å². The van der Waals surface area contributed by atoms with Crippen molar-refractivity contribution in [3.8, 4) is 0 Å². The van der Waals surface area contributed by atoms with E-state index in [1.807, 2.05) is 0 Å². The molecule has 0 aromatic carbocycles. The van der Waals surface area contributed by atoms with Crippen LogP contribution in [-0.4, -0.2) is 33.2 Å². The average molecular weight is 283 g/mol. The highest BCUT2D eigenvalue weighted by atomic mass is 16.6. The van der Waals surface area contributed by atoms with Gasteiger partial charge in [-0.2, -0.15) is 5.10 Å². The molecule has 0 unspecified atom stereocenters. The Labute approximate surface area is 118 Å². The van der Waals surface area contributed by atoms with Gasteiger partial charge in [-0.1, -0.05) is 0 Å². The van der Waals surface area contributed by atoms with Crippen molar-refractivity contribution >= 4 is 18.0 Å². The average Bonchev–Trinajstić information content (AvgIpc) is 2.59. The van der Waals surface area contributed by atoms with E-state index in [0.717, 1.165) is 4.68 Å². The lowest BCUT2D eigenvalue weighted by Gasteiger charge is -2.21. The second-order valence-electron chi connectivity index (χ2n) is 6.24. The molecule has 1 rings (SSSR count). The van der Waals surface area contributed by atoms with Gasteiger partial charge < -0.3 is 9.47 Å². The fourth-order valence-corrected chi connectivity index (χ4v) is 1.26. The van der Waals surface area contributed by atoms with Gasteiger partial charge in [0.1, 0.15) is 17.0 Å². The van der Waals surface area contributed by atoms with E-state index in [9.17, 15) is 9.59 Å². The van der Waals surface area contributed by atoms with Gasteiger partial charge in [0.05, 0.1) is 6.20 Å². The van der Waals surface area contributed by atoms with E-state index >= 15 is 0 Å². The lowest BCUT2D eigenvalue weighted by atomic mass is 10.2. The zero-order chi connectivity index (χ0) is 15.6. The van der Waals surface area contributed by atoms with Crippen molar-refractivity contribution in [2.24, 2.45) is 0 Å². The summed E-state index contributed by atoms with van der Waals surface area (Å²) >= 11 is 0. The van der Waals surface area contributed by atoms with Gasteiger partial charge in [-0.05, 0) is 41.5 Å². The molecule has 0 aliphatic rings. The lowest BCUT2D eigenvalue weighted by Crippen LogP contribution is -2.31. The molecule has 20 heavy (non-hydrogen) atoms. The number of aromatic nitrogens is 2. The molecule has 1 amide bonds. The highest BCUT2D eigenvalue weighted by Gasteiger charge is 2.22. The van der Waals surface area contributed by atoms with Crippen molar-refractivity contribution in [3.63, 3.8) is 0 Å². The van der Waals surface area contributed by atoms with Gasteiger partial charge in [-0.15, -0.1) is 4.68 Å². The van der Waals surface area contributed by atoms with Gasteiger partial charge in [0.15, 0.2) is 0 Å². The molecule has 7 nitrogen and oxygen atoms in total. The Morgan fingerprint density at radius 1 is 1.10 bits per heavy atom. The Hall–Kier alpha value is -2.05. The third-order valence-electron chi connectivity index (χ3n) is 1.84. The molecule has 0 aliphatic heterocycles. The van der Waals surface area contributed by atoms with Gasteiger partial charge in [0.25, 0.3) is 0 Å². The summed E-state index contributed by atoms with van der Waals surface area (Å²) in [5, 5.41) is 6.27. The van der Waals surface area contributed by atoms with E-state index in [0.29, 0.717) is 0 Å². The Bertz CT molecular complexity index is 494. The molecule has 0 fully saturated rings. The quantitative estimate of drug-likeness (QED) is 0.856. The summed E-state index contributed by atoms with van der Waals surface area (Å²) in [4.78, 5) is 23.6. The number of hydrogen-bond acceptors (Lipinski definition) is 5. The molecule has 0 atom stereocenters. The number of amides is 1. The minimum absolute atomic E-state index is 0.188. The molecule has 1 aromatic heterocycles. The summed E-state index contributed by atoms with van der Waals surface area (Å²) in [7, 11) is 0. The summed E-state index contributed by atoms with van der Waals surface area (Å²) in [6, 6.07) is 1.48. The molecular formula is C13H21N3O4. The molecule has 112 valence electrons. The molecule has 0 radical (unpaired) electrons. The highest BCUT2D eigenvalue weighted by molar-refractivity contribution is 5.86. The van der Waals surface area contributed by atoms with E-state index < -0.39 is 23.4 Å². The molecular weight excluding hydrogens is 262 g/mol. The van der Waals surface area contributed by atoms with E-state index in [4.69, 9.17) is 9.47 Å². The van der Waals surface area contributed by atoms with Crippen LogP contribution in [-0.2, 0) is 9.47 Å². The van der Waals surface area contributed by atoms with E-state index in [-0.39, 0.29) is 5.82 Å². The Balaban J connectivity index is 2.77. The number of ether oxygens (including phenoxy) is 2. The van der Waals surface area contributed by atoms with Gasteiger partial charge >= 0.3 is 12.2 Å². The molecule has 0 saturated heterocycles. The number of carbonyl (C=O) groups excluding carboxylic acids is 2. The van der Waals surface area contributed by atoms with Gasteiger partial charge in [0, 0.05) is 6.07 Å². The fraction of sp³-hybridized carbons (Fsp3) is 0.615. The number of carbonyl (C=O) groups is 2. The van der Waals surface area contributed by atoms with Crippen LogP contribution in [0.5, 0.6) is 0 Å². The molecule has 0 spiro atoms. The van der Waals surface area contributed by atoms with Crippen LogP contribution in [0, 0.1) is 0 Å². The normalized spacial score (nSPS) is 11.9. The fourth-order valence-electron chi connectivity index (χ4n) is 1.26. The second-order valence-corrected chi connectivity index (χ2v) is 6.24. The SMILES string of the molecule is CC(C)(C)OC(=O)Nc1ccnn1C(=O)OC(C)(C)C. The lowest BCUT2D eigenvalue weighted by molar-refractivity contribution is 0.0518. The van der Waals surface area contributed by atoms with Crippen LogP contribution in [0.1, 0.15) is 41.5 Å². The van der Waals surface area contributed by atoms with Crippen LogP contribution in [0.25, 0.3) is 0 Å². The monoisotopic (exact) mass is 283 g/mol. The van der Waals surface area contributed by atoms with Crippen molar-refractivity contribution in [2.45, 2.75) is 52.7 Å². The van der Waals surface area contributed by atoms with E-state index in [1.165, 1.54) is 12.3 Å². The predicted molar refractivity (Wildman–Crippen MR) is 73.7 cm³/mol. The Morgan fingerprint density at radius 2 is 1.65 bits per heavy atom. The number of anilines is 1. The first kappa shape index (κ1) is 16.0. The topological polar surface area (TPSA) is 82.5 Å². The van der Waals surface area contributed by atoms with Crippen LogP contribution in [0.4, 0.5) is 15.4 Å². The Morgan fingerprint density at radius 3 is 2.15 bits per heavy atom. The minimum atomic E-state index is -0.673. The maximum absolute atomic E-state index is 11.9. The summed E-state index contributed by atoms with van der Waals surface area (Å²) in [6.07, 6.45) is 0.0488. The molecule has 1 heterocycles. The summed E-state index contributed by atoms with van der Waals surface area (Å²) in [6.45, 7) is 10.5. The largest absolute Gasteiger partial charge is 0.444 e. The molecule has 7 heteroatoms. The minimum Gasteiger partial charge on any atom is -0.444 e. The van der Waals surface area contributed by atoms with Crippen LogP contribution >= 0.6 is 0 Å². The summed E-state index contributed by atoms with van der Waals surface area (Å²) in [5.74, 6) is 0.188. The molecule has 1 aromatic rings. The number of rotatable bonds is 1. The third kappa shape index (κ3) is 5.29. The van der Waals surface area contributed by atoms with Crippen molar-refractivity contribution in [1.29, 1.82) is 0 Å². The van der Waals surface area contributed by atoms with Crippen LogP contribution in [0.2, 0.25) is 0 Å². The van der Waals surface area contributed by atoms with Crippen molar-refractivity contribution in [3.05, 3.63) is 12.3 Å². The maximum Gasteiger partial charge on any atom is 0.437 e. The Kier molecular flexibility index (Phi) is 4.42. The third-order valence-corrected chi connectivity index (χ3v) is 1.84. The first-order chi connectivity index (χ1) is 8.98. The molecule has 1 N–H and O–H groups in total. The van der Waals surface area contributed by atoms with Crippen molar-refractivity contribution in [2.75, 3.05) is 5.32 Å². The second kappa shape index (κ2) is 5.52. The predicted octanol–water partition coefficient (Wildman–Crippen LogP) is 3.01. The molecule has 0 saturated carbocycles. The van der Waals surface area contributed by atoms with Crippen molar-refractivity contribution < 1.29 is 19.1 Å². The first-order valence-corrected chi connectivity index (χ1v) is 6.25. The zero-order valence-corrected chi connectivity index (χ0v) is 12.7. The van der Waals surface area contributed by atoms with Crippen LogP contribution in [0.3, 0.4) is 0 Å². The smallest absolute Gasteiger partial charge is 0.437 e. The van der Waals surface area contributed by atoms with Crippen molar-refractivity contribution in [1.82, 2.24) is 9.78 Å². The zero-order valence-electron chi connectivity index (χ0n) is 12.7. The number of nitrogens with zero attached hydrogens (tertiary/aromatic N) is 2. The number of hydrogen-bond donors (Lipinski definition) is 1. The molecule has 0 bridgehead atoms. The summed E-state index contributed by atoms with van der Waals surface area (Å²) < 4.78 is 11.2. The first-order valence-electron chi connectivity index (χ1n) is 6.25. The number of nitrogens with one attached hydrogen (secondary N) is 1. The van der Waals surface area contributed by atoms with E-state index in [1.54, 1.807) is 41.5 Å². The highest BCUT2D eigenvalue weighted by Crippen LogP contribution is 2.14. The summed E-state index contributed by atoms with van der Waals surface area (Å²) in [5.41, 5.74) is -1.27. The van der Waals surface area contributed by atoms with Gasteiger partial charge in [-0.3, -0.25) is 5.32 Å². The van der Waals surface area contributed by atoms with Crippen LogP contribution < -0.4 is 5.32 Å². The van der Waals surface area contributed by atoms with E-state index in [2.05, 4.69) is 10.4 Å². The maximum atomic E-state index is 11.9.